The summed E-state index contributed by atoms with van der Waals surface area (Å²) in [6.45, 7) is 8.45. The van der Waals surface area contributed by atoms with Gasteiger partial charge in [-0.05, 0) is 73.1 Å². The van der Waals surface area contributed by atoms with Crippen LogP contribution in [0.3, 0.4) is 0 Å². The maximum absolute atomic E-state index is 12.4. The maximum Gasteiger partial charge on any atom is 0.258 e. The number of carbonyl (C=O) groups is 2. The molecule has 154 valence electrons. The fourth-order valence-corrected chi connectivity index (χ4v) is 3.12. The molecule has 0 aliphatic heterocycles. The van der Waals surface area contributed by atoms with Gasteiger partial charge >= 0.3 is 0 Å². The highest BCUT2D eigenvalue weighted by atomic mass is 16.5. The number of nitrogens with one attached hydrogen (secondary N) is 2. The summed E-state index contributed by atoms with van der Waals surface area (Å²) >= 11 is 0. The summed E-state index contributed by atoms with van der Waals surface area (Å²) in [6.07, 6.45) is 2.38. The molecule has 1 fully saturated rings. The molecule has 1 aliphatic rings. The molecule has 0 aromatic heterocycles. The van der Waals surface area contributed by atoms with Crippen LogP contribution in [0.5, 0.6) is 5.75 Å². The van der Waals surface area contributed by atoms with Crippen molar-refractivity contribution in [2.75, 3.05) is 11.9 Å². The van der Waals surface area contributed by atoms with E-state index in [1.54, 1.807) is 24.3 Å². The monoisotopic (exact) mass is 394 g/mol. The zero-order valence-corrected chi connectivity index (χ0v) is 17.6. The Labute approximate surface area is 172 Å². The Hall–Kier alpha value is -2.82. The lowest BCUT2D eigenvalue weighted by molar-refractivity contribution is -0.123. The SMILES string of the molecule is CC(NC(=O)COc1ccc(NC(=O)c2ccc(C(C)(C)C)cc2)cc1)C1CC1. The summed E-state index contributed by atoms with van der Waals surface area (Å²) in [5.41, 5.74) is 2.53. The van der Waals surface area contributed by atoms with Crippen LogP contribution in [-0.2, 0) is 10.2 Å². The van der Waals surface area contributed by atoms with Crippen LogP contribution in [0, 0.1) is 5.92 Å². The first-order valence-electron chi connectivity index (χ1n) is 10.2. The van der Waals surface area contributed by atoms with Crippen molar-refractivity contribution in [2.24, 2.45) is 5.92 Å². The van der Waals surface area contributed by atoms with E-state index < -0.39 is 0 Å². The minimum atomic E-state index is -0.160. The van der Waals surface area contributed by atoms with Gasteiger partial charge < -0.3 is 15.4 Å². The van der Waals surface area contributed by atoms with Gasteiger partial charge in [-0.2, -0.15) is 0 Å². The molecule has 0 radical (unpaired) electrons. The van der Waals surface area contributed by atoms with Crippen LogP contribution in [-0.4, -0.2) is 24.5 Å². The van der Waals surface area contributed by atoms with E-state index in [9.17, 15) is 9.59 Å². The zero-order chi connectivity index (χ0) is 21.0. The predicted molar refractivity (Wildman–Crippen MR) is 115 cm³/mol. The number of anilines is 1. The molecule has 2 amide bonds. The van der Waals surface area contributed by atoms with Gasteiger partial charge in [0, 0.05) is 17.3 Å². The Morgan fingerprint density at radius 2 is 1.66 bits per heavy atom. The molecule has 1 saturated carbocycles. The summed E-state index contributed by atoms with van der Waals surface area (Å²) < 4.78 is 5.53. The highest BCUT2D eigenvalue weighted by Crippen LogP contribution is 2.32. The lowest BCUT2D eigenvalue weighted by atomic mass is 9.87. The first kappa shape index (κ1) is 20.9. The van der Waals surface area contributed by atoms with E-state index in [1.807, 2.05) is 31.2 Å². The Morgan fingerprint density at radius 3 is 2.21 bits per heavy atom. The van der Waals surface area contributed by atoms with E-state index >= 15 is 0 Å². The number of hydrogen-bond acceptors (Lipinski definition) is 3. The molecule has 1 atom stereocenters. The quantitative estimate of drug-likeness (QED) is 0.725. The summed E-state index contributed by atoms with van der Waals surface area (Å²) in [6, 6.07) is 14.9. The normalized spacial score (nSPS) is 14.8. The fourth-order valence-electron chi connectivity index (χ4n) is 3.12. The molecule has 0 saturated heterocycles. The van der Waals surface area contributed by atoms with Crippen LogP contribution in [0.15, 0.2) is 48.5 Å². The first-order chi connectivity index (χ1) is 13.7. The van der Waals surface area contributed by atoms with Crippen LogP contribution in [0.2, 0.25) is 0 Å². The molecule has 0 bridgehead atoms. The van der Waals surface area contributed by atoms with E-state index in [2.05, 4.69) is 31.4 Å². The highest BCUT2D eigenvalue weighted by molar-refractivity contribution is 6.04. The predicted octanol–water partition coefficient (Wildman–Crippen LogP) is 4.53. The Kier molecular flexibility index (Phi) is 6.26. The third kappa shape index (κ3) is 6.08. The average molecular weight is 395 g/mol. The van der Waals surface area contributed by atoms with E-state index in [4.69, 9.17) is 4.74 Å². The van der Waals surface area contributed by atoms with Crippen molar-refractivity contribution in [3.8, 4) is 5.75 Å². The smallest absolute Gasteiger partial charge is 0.258 e. The van der Waals surface area contributed by atoms with E-state index in [0.717, 1.165) is 0 Å². The number of benzene rings is 2. The fraction of sp³-hybridized carbons (Fsp3) is 0.417. The Balaban J connectivity index is 1.49. The van der Waals surface area contributed by atoms with Crippen molar-refractivity contribution < 1.29 is 14.3 Å². The van der Waals surface area contributed by atoms with Crippen molar-refractivity contribution in [2.45, 2.75) is 52.0 Å². The lowest BCUT2D eigenvalue weighted by Crippen LogP contribution is -2.37. The van der Waals surface area contributed by atoms with Gasteiger partial charge in [0.15, 0.2) is 6.61 Å². The van der Waals surface area contributed by atoms with Crippen LogP contribution in [0.25, 0.3) is 0 Å². The molecular formula is C24H30N2O3. The summed E-state index contributed by atoms with van der Waals surface area (Å²) in [5, 5.41) is 5.84. The first-order valence-corrected chi connectivity index (χ1v) is 10.2. The molecule has 0 heterocycles. The van der Waals surface area contributed by atoms with Gasteiger partial charge in [-0.3, -0.25) is 9.59 Å². The number of ether oxygens (including phenoxy) is 1. The second-order valence-corrected chi connectivity index (χ2v) is 8.79. The van der Waals surface area contributed by atoms with E-state index in [-0.39, 0.29) is 29.9 Å². The molecule has 0 spiro atoms. The Bertz CT molecular complexity index is 847. The third-order valence-corrected chi connectivity index (χ3v) is 5.21. The molecule has 1 aliphatic carbocycles. The highest BCUT2D eigenvalue weighted by Gasteiger charge is 2.28. The van der Waals surface area contributed by atoms with E-state index in [0.29, 0.717) is 22.9 Å². The third-order valence-electron chi connectivity index (χ3n) is 5.21. The largest absolute Gasteiger partial charge is 0.484 e. The summed E-state index contributed by atoms with van der Waals surface area (Å²) in [5.74, 6) is 0.936. The zero-order valence-electron chi connectivity index (χ0n) is 17.6. The minimum absolute atomic E-state index is 0.0110. The molecular weight excluding hydrogens is 364 g/mol. The minimum Gasteiger partial charge on any atom is -0.484 e. The second kappa shape index (κ2) is 8.68. The van der Waals surface area contributed by atoms with Gasteiger partial charge in [-0.15, -0.1) is 0 Å². The molecule has 3 rings (SSSR count). The van der Waals surface area contributed by atoms with Crippen molar-refractivity contribution in [1.82, 2.24) is 5.32 Å². The molecule has 1 unspecified atom stereocenters. The van der Waals surface area contributed by atoms with Crippen LogP contribution >= 0.6 is 0 Å². The van der Waals surface area contributed by atoms with Gasteiger partial charge in [-0.1, -0.05) is 32.9 Å². The van der Waals surface area contributed by atoms with E-state index in [1.165, 1.54) is 18.4 Å². The van der Waals surface area contributed by atoms with Crippen molar-refractivity contribution in [3.05, 3.63) is 59.7 Å². The van der Waals surface area contributed by atoms with Gasteiger partial charge in [0.2, 0.25) is 0 Å². The van der Waals surface area contributed by atoms with Crippen molar-refractivity contribution in [3.63, 3.8) is 0 Å². The second-order valence-electron chi connectivity index (χ2n) is 8.79. The lowest BCUT2D eigenvalue weighted by Gasteiger charge is -2.19. The number of rotatable bonds is 7. The summed E-state index contributed by atoms with van der Waals surface area (Å²) in [4.78, 5) is 24.4. The van der Waals surface area contributed by atoms with Gasteiger partial charge in [0.05, 0.1) is 0 Å². The molecule has 2 aromatic carbocycles. The molecule has 5 heteroatoms. The van der Waals surface area contributed by atoms with Crippen molar-refractivity contribution in [1.29, 1.82) is 0 Å². The Morgan fingerprint density at radius 1 is 1.03 bits per heavy atom. The van der Waals surface area contributed by atoms with Crippen LogP contribution in [0.1, 0.15) is 56.5 Å². The standard InChI is InChI=1S/C24H30N2O3/c1-16(17-5-6-17)25-22(27)15-29-21-13-11-20(12-14-21)26-23(28)18-7-9-19(10-8-18)24(2,3)4/h7-14,16-17H,5-6,15H2,1-4H3,(H,25,27)(H,26,28). The molecule has 2 aromatic rings. The average Bonchev–Trinajstić information content (AvgIpc) is 3.52. The maximum atomic E-state index is 12.4. The number of hydrogen-bond donors (Lipinski definition) is 2. The molecule has 2 N–H and O–H groups in total. The number of carbonyl (C=O) groups excluding carboxylic acids is 2. The molecule has 29 heavy (non-hydrogen) atoms. The number of amides is 2. The summed E-state index contributed by atoms with van der Waals surface area (Å²) in [7, 11) is 0. The van der Waals surface area contributed by atoms with Crippen LogP contribution < -0.4 is 15.4 Å². The van der Waals surface area contributed by atoms with Gasteiger partial charge in [0.1, 0.15) is 5.75 Å². The topological polar surface area (TPSA) is 67.4 Å². The van der Waals surface area contributed by atoms with Crippen molar-refractivity contribution >= 4 is 17.5 Å². The van der Waals surface area contributed by atoms with Gasteiger partial charge in [0.25, 0.3) is 11.8 Å². The van der Waals surface area contributed by atoms with Crippen LogP contribution in [0.4, 0.5) is 5.69 Å². The molecule has 5 nitrogen and oxygen atoms in total. The van der Waals surface area contributed by atoms with Gasteiger partial charge in [-0.25, -0.2) is 0 Å².